The van der Waals surface area contributed by atoms with Gasteiger partial charge in [-0.05, 0) is 31.2 Å². The molecule has 1 aliphatic rings. The summed E-state index contributed by atoms with van der Waals surface area (Å²) in [5.74, 6) is 0.219. The van der Waals surface area contributed by atoms with Crippen LogP contribution in [0.3, 0.4) is 0 Å². The van der Waals surface area contributed by atoms with Crippen LogP contribution in [0.25, 0.3) is 0 Å². The molecule has 1 fully saturated rings. The Kier molecular flexibility index (Phi) is 4.76. The van der Waals surface area contributed by atoms with Crippen LogP contribution < -0.4 is 15.8 Å². The van der Waals surface area contributed by atoms with E-state index in [2.05, 4.69) is 10.2 Å². The Morgan fingerprint density at radius 3 is 2.79 bits per heavy atom. The van der Waals surface area contributed by atoms with Gasteiger partial charge in [0.1, 0.15) is 5.75 Å². The largest absolute Gasteiger partial charge is 0.484 e. The molecule has 0 aliphatic carbocycles. The fourth-order valence-corrected chi connectivity index (χ4v) is 2.32. The van der Waals surface area contributed by atoms with Crippen molar-refractivity contribution in [1.29, 1.82) is 0 Å². The molecule has 1 saturated heterocycles. The van der Waals surface area contributed by atoms with Gasteiger partial charge in [0, 0.05) is 25.7 Å². The second kappa shape index (κ2) is 6.54. The van der Waals surface area contributed by atoms with Gasteiger partial charge in [0.2, 0.25) is 0 Å². The van der Waals surface area contributed by atoms with E-state index in [1.54, 1.807) is 0 Å². The molecule has 5 nitrogen and oxygen atoms in total. The second-order valence-electron chi connectivity index (χ2n) is 4.91. The molecule has 0 spiro atoms. The first-order valence-corrected chi connectivity index (χ1v) is 6.57. The molecule has 1 aliphatic heterocycles. The van der Waals surface area contributed by atoms with E-state index in [1.807, 2.05) is 31.3 Å². The normalized spacial score (nSPS) is 19.5. The van der Waals surface area contributed by atoms with Crippen molar-refractivity contribution < 1.29 is 9.53 Å². The number of rotatable bonds is 6. The SMILES string of the molecule is CNC1CCN(Cc2ccc(OCC(N)=O)cc2)C1. The summed E-state index contributed by atoms with van der Waals surface area (Å²) in [6, 6.07) is 8.43. The van der Waals surface area contributed by atoms with E-state index in [1.165, 1.54) is 12.0 Å². The molecule has 1 aromatic carbocycles. The zero-order valence-corrected chi connectivity index (χ0v) is 11.3. The predicted molar refractivity (Wildman–Crippen MR) is 73.9 cm³/mol. The molecule has 5 heteroatoms. The first-order chi connectivity index (χ1) is 9.17. The number of primary amides is 1. The summed E-state index contributed by atoms with van der Waals surface area (Å²) in [6.07, 6.45) is 1.20. The Hall–Kier alpha value is -1.59. The molecule has 0 saturated carbocycles. The van der Waals surface area contributed by atoms with Gasteiger partial charge in [0.05, 0.1) is 0 Å². The number of nitrogens with two attached hydrogens (primary N) is 1. The van der Waals surface area contributed by atoms with Gasteiger partial charge in [-0.3, -0.25) is 9.69 Å². The summed E-state index contributed by atoms with van der Waals surface area (Å²) < 4.78 is 5.23. The van der Waals surface area contributed by atoms with Gasteiger partial charge < -0.3 is 15.8 Å². The van der Waals surface area contributed by atoms with E-state index in [-0.39, 0.29) is 6.61 Å². The summed E-state index contributed by atoms with van der Waals surface area (Å²) in [6.45, 7) is 3.10. The molecule has 104 valence electrons. The van der Waals surface area contributed by atoms with Gasteiger partial charge in [-0.2, -0.15) is 0 Å². The van der Waals surface area contributed by atoms with Crippen LogP contribution in [0.2, 0.25) is 0 Å². The highest BCUT2D eigenvalue weighted by Crippen LogP contribution is 2.16. The minimum Gasteiger partial charge on any atom is -0.484 e. The van der Waals surface area contributed by atoms with Crippen molar-refractivity contribution >= 4 is 5.91 Å². The van der Waals surface area contributed by atoms with E-state index >= 15 is 0 Å². The second-order valence-corrected chi connectivity index (χ2v) is 4.91. The predicted octanol–water partition coefficient (Wildman–Crippen LogP) is 0.344. The van der Waals surface area contributed by atoms with Gasteiger partial charge in [-0.25, -0.2) is 0 Å². The highest BCUT2D eigenvalue weighted by Gasteiger charge is 2.20. The lowest BCUT2D eigenvalue weighted by Gasteiger charge is -2.16. The molecule has 0 radical (unpaired) electrons. The van der Waals surface area contributed by atoms with Gasteiger partial charge in [0.15, 0.2) is 6.61 Å². The molecule has 0 bridgehead atoms. The lowest BCUT2D eigenvalue weighted by atomic mass is 10.2. The van der Waals surface area contributed by atoms with Crippen LogP contribution in [0.15, 0.2) is 24.3 Å². The van der Waals surface area contributed by atoms with E-state index in [0.29, 0.717) is 11.8 Å². The van der Waals surface area contributed by atoms with Crippen LogP contribution in [-0.2, 0) is 11.3 Å². The Labute approximate surface area is 113 Å². The van der Waals surface area contributed by atoms with Crippen molar-refractivity contribution in [1.82, 2.24) is 10.2 Å². The fraction of sp³-hybridized carbons (Fsp3) is 0.500. The molecule has 1 heterocycles. The number of likely N-dealkylation sites (N-methyl/N-ethyl adjacent to an activating group) is 1. The van der Waals surface area contributed by atoms with Crippen LogP contribution in [0.1, 0.15) is 12.0 Å². The van der Waals surface area contributed by atoms with Crippen LogP contribution >= 0.6 is 0 Å². The quantitative estimate of drug-likeness (QED) is 0.777. The van der Waals surface area contributed by atoms with Gasteiger partial charge in [-0.15, -0.1) is 0 Å². The van der Waals surface area contributed by atoms with E-state index < -0.39 is 5.91 Å². The number of hydrogen-bond acceptors (Lipinski definition) is 4. The lowest BCUT2D eigenvalue weighted by molar-refractivity contribution is -0.119. The highest BCUT2D eigenvalue weighted by molar-refractivity contribution is 5.75. The monoisotopic (exact) mass is 263 g/mol. The topological polar surface area (TPSA) is 67.6 Å². The number of benzene rings is 1. The standard InChI is InChI=1S/C14H21N3O2/c1-16-12-6-7-17(9-12)8-11-2-4-13(5-3-11)19-10-14(15)18/h2-5,12,16H,6-10H2,1H3,(H2,15,18). The molecular weight excluding hydrogens is 242 g/mol. The Morgan fingerprint density at radius 2 is 2.21 bits per heavy atom. The van der Waals surface area contributed by atoms with Crippen LogP contribution in [-0.4, -0.2) is 43.6 Å². The molecule has 1 atom stereocenters. The number of likely N-dealkylation sites (tertiary alicyclic amines) is 1. The molecular formula is C14H21N3O2. The first-order valence-electron chi connectivity index (χ1n) is 6.57. The smallest absolute Gasteiger partial charge is 0.255 e. The van der Waals surface area contributed by atoms with Gasteiger partial charge >= 0.3 is 0 Å². The van der Waals surface area contributed by atoms with Crippen molar-refractivity contribution in [2.45, 2.75) is 19.0 Å². The summed E-state index contributed by atoms with van der Waals surface area (Å²) in [4.78, 5) is 13.0. The number of carbonyl (C=O) groups is 1. The van der Waals surface area contributed by atoms with Crippen molar-refractivity contribution in [3.8, 4) is 5.75 Å². The van der Waals surface area contributed by atoms with Gasteiger partial charge in [-0.1, -0.05) is 12.1 Å². The Bertz CT molecular complexity index is 419. The minimum absolute atomic E-state index is 0.0741. The summed E-state index contributed by atoms with van der Waals surface area (Å²) in [7, 11) is 2.01. The molecule has 1 aromatic rings. The molecule has 1 unspecified atom stereocenters. The minimum atomic E-state index is -0.459. The third kappa shape index (κ3) is 4.22. The highest BCUT2D eigenvalue weighted by atomic mass is 16.5. The fourth-order valence-electron chi connectivity index (χ4n) is 2.32. The van der Waals surface area contributed by atoms with E-state index in [9.17, 15) is 4.79 Å². The summed E-state index contributed by atoms with van der Waals surface area (Å²) >= 11 is 0. The number of amides is 1. The average molecular weight is 263 g/mol. The third-order valence-corrected chi connectivity index (χ3v) is 3.39. The van der Waals surface area contributed by atoms with Crippen molar-refractivity contribution in [3.05, 3.63) is 29.8 Å². The molecule has 3 N–H and O–H groups in total. The maximum Gasteiger partial charge on any atom is 0.255 e. The number of carbonyl (C=O) groups excluding carboxylic acids is 1. The lowest BCUT2D eigenvalue weighted by Crippen LogP contribution is -2.29. The maximum atomic E-state index is 10.6. The van der Waals surface area contributed by atoms with Crippen LogP contribution in [0, 0.1) is 0 Å². The molecule has 19 heavy (non-hydrogen) atoms. The maximum absolute atomic E-state index is 10.6. The Morgan fingerprint density at radius 1 is 1.47 bits per heavy atom. The Balaban J connectivity index is 1.83. The first kappa shape index (κ1) is 13.8. The zero-order valence-electron chi connectivity index (χ0n) is 11.3. The third-order valence-electron chi connectivity index (χ3n) is 3.39. The summed E-state index contributed by atoms with van der Waals surface area (Å²) in [5, 5.41) is 3.31. The van der Waals surface area contributed by atoms with Crippen LogP contribution in [0.5, 0.6) is 5.75 Å². The molecule has 1 amide bonds. The molecule has 2 rings (SSSR count). The van der Waals surface area contributed by atoms with E-state index in [4.69, 9.17) is 10.5 Å². The number of hydrogen-bond donors (Lipinski definition) is 2. The molecule has 0 aromatic heterocycles. The van der Waals surface area contributed by atoms with Gasteiger partial charge in [0.25, 0.3) is 5.91 Å². The van der Waals surface area contributed by atoms with Crippen molar-refractivity contribution in [3.63, 3.8) is 0 Å². The van der Waals surface area contributed by atoms with Crippen LogP contribution in [0.4, 0.5) is 0 Å². The number of nitrogens with zero attached hydrogens (tertiary/aromatic N) is 1. The van der Waals surface area contributed by atoms with E-state index in [0.717, 1.165) is 19.6 Å². The van der Waals surface area contributed by atoms with Crippen molar-refractivity contribution in [2.75, 3.05) is 26.7 Å². The summed E-state index contributed by atoms with van der Waals surface area (Å²) in [5.41, 5.74) is 6.28. The number of nitrogens with one attached hydrogen (secondary N) is 1. The number of ether oxygens (including phenoxy) is 1. The average Bonchev–Trinajstić information content (AvgIpc) is 2.85. The zero-order chi connectivity index (χ0) is 13.7. The van der Waals surface area contributed by atoms with Crippen molar-refractivity contribution in [2.24, 2.45) is 5.73 Å².